The van der Waals surface area contributed by atoms with Gasteiger partial charge in [0.25, 0.3) is 20.2 Å². The van der Waals surface area contributed by atoms with Gasteiger partial charge in [-0.1, -0.05) is 155 Å². The van der Waals surface area contributed by atoms with Crippen molar-refractivity contribution in [2.24, 2.45) is 0 Å². The van der Waals surface area contributed by atoms with E-state index in [1.54, 1.807) is 55.4 Å². The quantitative estimate of drug-likeness (QED) is 0.0290. The zero-order valence-corrected chi connectivity index (χ0v) is 58.9. The summed E-state index contributed by atoms with van der Waals surface area (Å²) in [4.78, 5) is 48.1. The molecule has 0 aliphatic heterocycles. The van der Waals surface area contributed by atoms with Gasteiger partial charge >= 0.3 is 94.9 Å². The van der Waals surface area contributed by atoms with E-state index in [0.29, 0.717) is 12.8 Å². The first kappa shape index (κ1) is 89.7. The van der Waals surface area contributed by atoms with Gasteiger partial charge in [0.05, 0.1) is 39.6 Å². The number of unbranched alkanes of at least 4 members (excludes halogenated alkanes) is 22. The Hall–Kier alpha value is -0.700. The van der Waals surface area contributed by atoms with Crippen LogP contribution in [-0.2, 0) is 96.3 Å². The first-order chi connectivity index (χ1) is 39.0. The molecule has 0 aromatic carbocycles. The van der Waals surface area contributed by atoms with Crippen LogP contribution >= 0.6 is 0 Å². The van der Waals surface area contributed by atoms with Crippen molar-refractivity contribution in [3.05, 3.63) is 0 Å². The number of carbonyl (C=O) groups excluding carboxylic acids is 4. The third-order valence-electron chi connectivity index (χ3n) is 12.4. The Morgan fingerprint density at radius 1 is 0.333 bits per heavy atom. The van der Waals surface area contributed by atoms with Crippen LogP contribution in [0, 0.1) is 0 Å². The number of rotatable bonds is 56. The topological polar surface area (TPSA) is 334 Å². The van der Waals surface area contributed by atoms with E-state index in [0.717, 1.165) is 38.5 Å². The van der Waals surface area contributed by atoms with Crippen LogP contribution in [0.25, 0.3) is 0 Å². The number of aliphatic carboxylic acids is 2. The Bertz CT molecular complexity index is 1730. The largest absolute Gasteiger partial charge is 1.00 e. The minimum Gasteiger partial charge on any atom is -0.550 e. The molecule has 0 aliphatic carbocycles. The fraction of sp³-hybridized carbons (Fsp3) is 0.929. The van der Waals surface area contributed by atoms with Gasteiger partial charge in [-0.15, -0.1) is 0 Å². The minimum atomic E-state index is -5.20. The summed E-state index contributed by atoms with van der Waals surface area (Å²) in [5.74, 6) is -16.9. The molecule has 0 aromatic rings. The number of esters is 2. The van der Waals surface area contributed by atoms with Crippen LogP contribution in [0.15, 0.2) is 0 Å². The molecule has 0 aliphatic rings. The van der Waals surface area contributed by atoms with Crippen molar-refractivity contribution >= 4 is 44.1 Å². The molecule has 28 heteroatoms. The standard InChI is InChI=1S/2C28H54O12S.2Na/c2*1-6-11-12-13-14-15-16-17-18-19-20-21-22-39-27(35-7-2,36-8-3)28(37-9-4,38-10-5)40-26(31)24(23-25(29)30)41(32,33)34;;/h2*24H,6-23H2,1-5H3,(H,29,30)(H,32,33,34);;/q;;2*+1/p-2. The van der Waals surface area contributed by atoms with Gasteiger partial charge in [0.2, 0.25) is 0 Å². The van der Waals surface area contributed by atoms with Crippen molar-refractivity contribution in [3.63, 3.8) is 0 Å². The Morgan fingerprint density at radius 3 is 0.702 bits per heavy atom. The average Bonchev–Trinajstić information content (AvgIpc) is 3.45. The van der Waals surface area contributed by atoms with Gasteiger partial charge in [0, 0.05) is 51.2 Å². The maximum atomic E-state index is 13.0. The van der Waals surface area contributed by atoms with E-state index in [1.165, 1.54) is 103 Å². The molecule has 24 nitrogen and oxygen atoms in total. The molecule has 2 atom stereocenters. The summed E-state index contributed by atoms with van der Waals surface area (Å²) >= 11 is 0. The van der Waals surface area contributed by atoms with Crippen LogP contribution in [0.1, 0.15) is 236 Å². The molecule has 84 heavy (non-hydrogen) atoms. The van der Waals surface area contributed by atoms with Gasteiger partial charge in [-0.25, -0.2) is 0 Å². The first-order valence-electron chi connectivity index (χ1n) is 30.1. The number of hydrogen-bond acceptors (Lipinski definition) is 22. The molecule has 0 bridgehead atoms. The molecule has 2 N–H and O–H groups in total. The Kier molecular flexibility index (Phi) is 56.6. The Labute approximate surface area is 547 Å². The maximum absolute atomic E-state index is 13.0. The van der Waals surface area contributed by atoms with E-state index in [4.69, 9.17) is 56.8 Å². The molecule has 0 fully saturated rings. The number of hydrogen-bond donors (Lipinski definition) is 2. The van der Waals surface area contributed by atoms with Crippen LogP contribution < -0.4 is 69.3 Å². The molecule has 0 aromatic heterocycles. The number of carboxylic acid groups (broad SMARTS) is 2. The third kappa shape index (κ3) is 36.8. The van der Waals surface area contributed by atoms with E-state index in [1.807, 2.05) is 0 Å². The maximum Gasteiger partial charge on any atom is 1.00 e. The van der Waals surface area contributed by atoms with E-state index >= 15 is 0 Å². The summed E-state index contributed by atoms with van der Waals surface area (Å²) in [6.45, 7) is 16.8. The Morgan fingerprint density at radius 2 is 0.524 bits per heavy atom. The zero-order chi connectivity index (χ0) is 62.4. The molecule has 0 rings (SSSR count). The number of carboxylic acids is 2. The van der Waals surface area contributed by atoms with Gasteiger partial charge in [0.1, 0.15) is 0 Å². The molecule has 0 radical (unpaired) electrons. The van der Waals surface area contributed by atoms with Crippen LogP contribution in [0.3, 0.4) is 0 Å². The fourth-order valence-electron chi connectivity index (χ4n) is 8.60. The molecule has 488 valence electrons. The van der Waals surface area contributed by atoms with E-state index in [9.17, 15) is 55.3 Å². The second-order valence-electron chi connectivity index (χ2n) is 19.2. The van der Waals surface area contributed by atoms with Crippen molar-refractivity contribution in [2.75, 3.05) is 66.1 Å². The molecule has 0 heterocycles. The van der Waals surface area contributed by atoms with Crippen LogP contribution in [0.5, 0.6) is 0 Å². The second kappa shape index (κ2) is 53.0. The van der Waals surface area contributed by atoms with Crippen LogP contribution in [-0.4, -0.2) is 150 Å². The van der Waals surface area contributed by atoms with Gasteiger partial charge < -0.3 is 76.6 Å². The Balaban J connectivity index is -0.000000744. The van der Waals surface area contributed by atoms with Crippen molar-refractivity contribution in [3.8, 4) is 0 Å². The monoisotopic (exact) mass is 1270 g/mol. The van der Waals surface area contributed by atoms with Gasteiger partial charge in [-0.05, 0) is 68.2 Å². The summed E-state index contributed by atoms with van der Waals surface area (Å²) < 4.78 is 135. The molecule has 0 amide bonds. The fourth-order valence-corrected chi connectivity index (χ4v) is 9.87. The van der Waals surface area contributed by atoms with Gasteiger partial charge in [-0.2, -0.15) is 16.8 Å². The molecule has 0 saturated heterocycles. The van der Waals surface area contributed by atoms with Crippen LogP contribution in [0.4, 0.5) is 0 Å². The van der Waals surface area contributed by atoms with Crippen molar-refractivity contribution in [2.45, 2.75) is 271 Å². The summed E-state index contributed by atoms with van der Waals surface area (Å²) in [6, 6.07) is 0. The predicted octanol–water partition coefficient (Wildman–Crippen LogP) is 2.20. The van der Waals surface area contributed by atoms with E-state index in [-0.39, 0.29) is 125 Å². The van der Waals surface area contributed by atoms with Crippen molar-refractivity contribution in [1.29, 1.82) is 0 Å². The van der Waals surface area contributed by atoms with Gasteiger partial charge in [0.15, 0.2) is 10.5 Å². The first-order valence-corrected chi connectivity index (χ1v) is 33.2. The molecular weight excluding hydrogens is 1170 g/mol. The predicted molar refractivity (Wildman–Crippen MR) is 300 cm³/mol. The summed E-state index contributed by atoms with van der Waals surface area (Å²) in [6.07, 6.45) is 24.7. The molecular formula is C56H106Na2O24S2. The SMILES string of the molecule is CCCCCCCCCCCCCCOC(OCC)(OCC)C(OCC)(OCC)OC(=O)C(CC(=O)[O-])S(=O)(=O)O.CCCCCCCCCCCCCCOC(OCC)(OCC)C(OCC)(OCC)OC(=O)C(CC(=O)[O-])S(=O)(=O)O.[Na+].[Na+]. The molecule has 0 saturated carbocycles. The normalized spacial score (nSPS) is 13.0. The average molecular weight is 1270 g/mol. The third-order valence-corrected chi connectivity index (χ3v) is 14.6. The summed E-state index contributed by atoms with van der Waals surface area (Å²) in [5, 5.41) is 17.2. The smallest absolute Gasteiger partial charge is 0.550 e. The zero-order valence-electron chi connectivity index (χ0n) is 53.3. The van der Waals surface area contributed by atoms with E-state index in [2.05, 4.69) is 13.8 Å². The molecule has 2 unspecified atom stereocenters. The van der Waals surface area contributed by atoms with E-state index < -0.39 is 91.3 Å². The summed E-state index contributed by atoms with van der Waals surface area (Å²) in [5.41, 5.74) is 0. The number of carbonyl (C=O) groups is 4. The van der Waals surface area contributed by atoms with Crippen molar-refractivity contribution < 1.29 is 171 Å². The summed E-state index contributed by atoms with van der Waals surface area (Å²) in [7, 11) is -10.4. The van der Waals surface area contributed by atoms with Crippen molar-refractivity contribution in [1.82, 2.24) is 0 Å². The van der Waals surface area contributed by atoms with Gasteiger partial charge in [-0.3, -0.25) is 18.7 Å². The second-order valence-corrected chi connectivity index (χ2v) is 22.4. The number of ether oxygens (including phenoxy) is 12. The van der Waals surface area contributed by atoms with Crippen LogP contribution in [0.2, 0.25) is 0 Å². The molecule has 0 spiro atoms. The minimum absolute atomic E-state index is 0.